The Labute approximate surface area is 203 Å². The number of carbonyl (C=O) groups is 1. The number of rotatable bonds is 5. The fourth-order valence-electron chi connectivity index (χ4n) is 3.09. The van der Waals surface area contributed by atoms with E-state index in [0.29, 0.717) is 22.1 Å². The van der Waals surface area contributed by atoms with Gasteiger partial charge in [-0.3, -0.25) is 9.78 Å². The van der Waals surface area contributed by atoms with Crippen LogP contribution in [0.4, 0.5) is 18.9 Å². The Morgan fingerprint density at radius 3 is 2.54 bits per heavy atom. The van der Waals surface area contributed by atoms with Crippen LogP contribution in [0.25, 0.3) is 11.4 Å². The summed E-state index contributed by atoms with van der Waals surface area (Å²) in [4.78, 5) is 16.5. The molecule has 176 valence electrons. The van der Waals surface area contributed by atoms with Crippen molar-refractivity contribution in [3.63, 3.8) is 0 Å². The van der Waals surface area contributed by atoms with Gasteiger partial charge in [0.1, 0.15) is 0 Å². The molecule has 1 amide bonds. The van der Waals surface area contributed by atoms with E-state index in [2.05, 4.69) is 32.3 Å². The van der Waals surface area contributed by atoms with Gasteiger partial charge in [0, 0.05) is 41.8 Å². The molecule has 0 saturated heterocycles. The third-order valence-electron chi connectivity index (χ3n) is 4.76. The molecule has 10 heteroatoms. The van der Waals surface area contributed by atoms with E-state index in [9.17, 15) is 18.0 Å². The minimum absolute atomic E-state index is 0.0525. The molecule has 0 aliphatic carbocycles. The van der Waals surface area contributed by atoms with E-state index in [0.717, 1.165) is 29.5 Å². The third kappa shape index (κ3) is 6.28. The smallest absolute Gasteiger partial charge is 0.325 e. The number of pyridine rings is 1. The summed E-state index contributed by atoms with van der Waals surface area (Å²) in [6.45, 7) is 0. The number of hydrogen-bond donors (Lipinski definition) is 1. The summed E-state index contributed by atoms with van der Waals surface area (Å²) in [6.07, 6.45) is -1.18. The molecule has 0 radical (unpaired) electrons. The first-order valence-electron chi connectivity index (χ1n) is 10.3. The number of nitrogens with one attached hydrogen (secondary N) is 1. The Morgan fingerprint density at radius 1 is 1.00 bits per heavy atom. The topological polar surface area (TPSA) is 72.7 Å². The largest absolute Gasteiger partial charge is 0.416 e. The van der Waals surface area contributed by atoms with Crippen LogP contribution in [0, 0.1) is 11.8 Å². The highest BCUT2D eigenvalue weighted by Crippen LogP contribution is 2.30. The van der Waals surface area contributed by atoms with Gasteiger partial charge in [0.05, 0.1) is 11.3 Å². The second-order valence-corrected chi connectivity index (χ2v) is 8.30. The predicted octanol–water partition coefficient (Wildman–Crippen LogP) is 5.03. The molecule has 1 N–H and O–H groups in total. The van der Waals surface area contributed by atoms with Gasteiger partial charge < -0.3 is 9.88 Å². The normalized spacial score (nSPS) is 11.0. The lowest BCUT2D eigenvalue weighted by atomic mass is 10.1. The van der Waals surface area contributed by atoms with E-state index in [-0.39, 0.29) is 11.4 Å². The van der Waals surface area contributed by atoms with Gasteiger partial charge in [0.15, 0.2) is 11.0 Å². The van der Waals surface area contributed by atoms with Gasteiger partial charge in [-0.25, -0.2) is 0 Å². The van der Waals surface area contributed by atoms with Gasteiger partial charge in [0.25, 0.3) is 0 Å². The van der Waals surface area contributed by atoms with Crippen LogP contribution in [0.1, 0.15) is 16.7 Å². The minimum atomic E-state index is -4.48. The molecule has 6 nitrogen and oxygen atoms in total. The highest BCUT2D eigenvalue weighted by Gasteiger charge is 2.30. The maximum absolute atomic E-state index is 12.9. The van der Waals surface area contributed by atoms with Crippen molar-refractivity contribution in [2.24, 2.45) is 7.05 Å². The summed E-state index contributed by atoms with van der Waals surface area (Å²) in [6, 6.07) is 15.9. The Balaban J connectivity index is 1.42. The highest BCUT2D eigenvalue weighted by molar-refractivity contribution is 7.99. The average molecular weight is 494 g/mol. The van der Waals surface area contributed by atoms with Crippen molar-refractivity contribution in [2.45, 2.75) is 11.3 Å². The zero-order valence-electron chi connectivity index (χ0n) is 18.4. The first kappa shape index (κ1) is 24.0. The number of halogens is 3. The standard InChI is InChI=1S/C25H18F3N5OS/c1-33-23(19-12-18(14-29-15-19)11-10-17-6-3-2-4-7-17)31-32-24(33)35-16-22(34)30-21-9-5-8-20(13-21)25(26,27)28/h2-9,12-15H,16H2,1H3,(H,30,34). The first-order chi connectivity index (χ1) is 16.8. The lowest BCUT2D eigenvalue weighted by Crippen LogP contribution is -2.15. The number of hydrogen-bond acceptors (Lipinski definition) is 5. The number of anilines is 1. The van der Waals surface area contributed by atoms with Gasteiger partial charge >= 0.3 is 6.18 Å². The van der Waals surface area contributed by atoms with Crippen molar-refractivity contribution in [3.05, 3.63) is 89.7 Å². The first-order valence-corrected chi connectivity index (χ1v) is 11.3. The number of alkyl halides is 3. The molecule has 0 unspecified atom stereocenters. The molecular formula is C25H18F3N5OS. The van der Waals surface area contributed by atoms with E-state index in [1.54, 1.807) is 24.0 Å². The van der Waals surface area contributed by atoms with Gasteiger partial charge in [0.2, 0.25) is 5.91 Å². The molecule has 2 heterocycles. The van der Waals surface area contributed by atoms with E-state index >= 15 is 0 Å². The van der Waals surface area contributed by atoms with Crippen LogP contribution < -0.4 is 5.32 Å². The number of carbonyl (C=O) groups excluding carboxylic acids is 1. The van der Waals surface area contributed by atoms with Crippen LogP contribution in [0.5, 0.6) is 0 Å². The number of aromatic nitrogens is 4. The van der Waals surface area contributed by atoms with Crippen LogP contribution in [0.3, 0.4) is 0 Å². The van der Waals surface area contributed by atoms with Crippen molar-refractivity contribution in [1.29, 1.82) is 0 Å². The molecule has 35 heavy (non-hydrogen) atoms. The number of nitrogens with zero attached hydrogens (tertiary/aromatic N) is 4. The molecule has 0 spiro atoms. The second kappa shape index (κ2) is 10.4. The van der Waals surface area contributed by atoms with Crippen molar-refractivity contribution >= 4 is 23.4 Å². The summed E-state index contributed by atoms with van der Waals surface area (Å²) in [5.41, 5.74) is 1.55. The summed E-state index contributed by atoms with van der Waals surface area (Å²) < 4.78 is 40.3. The highest BCUT2D eigenvalue weighted by atomic mass is 32.2. The quantitative estimate of drug-likeness (QED) is 0.312. The van der Waals surface area contributed by atoms with E-state index in [1.165, 1.54) is 12.1 Å². The van der Waals surface area contributed by atoms with Gasteiger partial charge in [-0.05, 0) is 36.4 Å². The third-order valence-corrected chi connectivity index (χ3v) is 5.78. The Bertz CT molecular complexity index is 1410. The van der Waals surface area contributed by atoms with Crippen LogP contribution >= 0.6 is 11.8 Å². The molecule has 4 aromatic rings. The van der Waals surface area contributed by atoms with E-state index in [4.69, 9.17) is 0 Å². The fraction of sp³-hybridized carbons (Fsp3) is 0.120. The van der Waals surface area contributed by atoms with E-state index in [1.807, 2.05) is 36.4 Å². The zero-order valence-corrected chi connectivity index (χ0v) is 19.2. The molecule has 0 aliphatic rings. The summed E-state index contributed by atoms with van der Waals surface area (Å²) >= 11 is 1.12. The Hall–Kier alpha value is -4.10. The molecular weight excluding hydrogens is 475 g/mol. The number of thioether (sulfide) groups is 1. The van der Waals surface area contributed by atoms with Crippen molar-refractivity contribution in [3.8, 4) is 23.2 Å². The molecule has 4 rings (SSSR count). The van der Waals surface area contributed by atoms with Crippen LogP contribution in [-0.4, -0.2) is 31.4 Å². The monoisotopic (exact) mass is 493 g/mol. The Morgan fingerprint density at radius 2 is 1.77 bits per heavy atom. The molecule has 2 aromatic heterocycles. The Kier molecular flexibility index (Phi) is 7.17. The van der Waals surface area contributed by atoms with Crippen molar-refractivity contribution in [2.75, 3.05) is 11.1 Å². The summed E-state index contributed by atoms with van der Waals surface area (Å²) in [5, 5.41) is 11.3. The maximum Gasteiger partial charge on any atom is 0.416 e. The minimum Gasteiger partial charge on any atom is -0.325 e. The summed E-state index contributed by atoms with van der Waals surface area (Å²) in [5.74, 6) is 6.19. The lowest BCUT2D eigenvalue weighted by molar-refractivity contribution is -0.137. The lowest BCUT2D eigenvalue weighted by Gasteiger charge is -2.09. The van der Waals surface area contributed by atoms with Crippen LogP contribution in [-0.2, 0) is 18.0 Å². The van der Waals surface area contributed by atoms with Gasteiger partial charge in [-0.15, -0.1) is 10.2 Å². The predicted molar refractivity (Wildman–Crippen MR) is 127 cm³/mol. The molecule has 0 fully saturated rings. The molecule has 2 aromatic carbocycles. The molecule has 0 saturated carbocycles. The maximum atomic E-state index is 12.9. The van der Waals surface area contributed by atoms with Crippen LogP contribution in [0.15, 0.2) is 78.2 Å². The fourth-order valence-corrected chi connectivity index (χ4v) is 3.80. The van der Waals surface area contributed by atoms with Gasteiger partial charge in [-0.1, -0.05) is 47.9 Å². The van der Waals surface area contributed by atoms with Crippen LogP contribution in [0.2, 0.25) is 0 Å². The summed E-state index contributed by atoms with van der Waals surface area (Å²) in [7, 11) is 1.75. The van der Waals surface area contributed by atoms with Crippen molar-refractivity contribution < 1.29 is 18.0 Å². The van der Waals surface area contributed by atoms with E-state index < -0.39 is 17.6 Å². The molecule has 0 aliphatic heterocycles. The van der Waals surface area contributed by atoms with Crippen molar-refractivity contribution in [1.82, 2.24) is 19.7 Å². The number of amides is 1. The molecule has 0 bridgehead atoms. The average Bonchev–Trinajstić information content (AvgIpc) is 3.22. The van der Waals surface area contributed by atoms with Gasteiger partial charge in [-0.2, -0.15) is 13.2 Å². The zero-order chi connectivity index (χ0) is 24.8. The second-order valence-electron chi connectivity index (χ2n) is 7.36. The number of benzene rings is 2. The SMILES string of the molecule is Cn1c(SCC(=O)Nc2cccc(C(F)(F)F)c2)nnc1-c1cncc(C#Cc2ccccc2)c1. The molecule has 0 atom stereocenters.